The predicted molar refractivity (Wildman–Crippen MR) is 126 cm³/mol. The Morgan fingerprint density at radius 1 is 0.839 bits per heavy atom. The molecular weight excluding hydrogens is 386 g/mol. The summed E-state index contributed by atoms with van der Waals surface area (Å²) in [5.41, 5.74) is 6.35. The van der Waals surface area contributed by atoms with Gasteiger partial charge < -0.3 is 14.0 Å². The van der Waals surface area contributed by atoms with Gasteiger partial charge in [-0.3, -0.25) is 4.79 Å². The monoisotopic (exact) mass is 413 g/mol. The van der Waals surface area contributed by atoms with E-state index >= 15 is 0 Å². The molecule has 0 aliphatic carbocycles. The molecule has 0 amide bonds. The lowest BCUT2D eigenvalue weighted by molar-refractivity contribution is 0.102. The van der Waals surface area contributed by atoms with Crippen LogP contribution < -0.4 is 10.3 Å². The van der Waals surface area contributed by atoms with Crippen LogP contribution in [0.2, 0.25) is 0 Å². The van der Waals surface area contributed by atoms with Gasteiger partial charge in [-0.1, -0.05) is 48.5 Å². The van der Waals surface area contributed by atoms with E-state index in [9.17, 15) is 4.79 Å². The summed E-state index contributed by atoms with van der Waals surface area (Å²) in [6, 6.07) is 22.2. The second-order valence-corrected chi connectivity index (χ2v) is 7.87. The number of benzene rings is 3. The number of aromatic nitrogens is 1. The molecule has 4 nitrogen and oxygen atoms in total. The Bertz CT molecular complexity index is 1270. The minimum absolute atomic E-state index is 0.000767. The summed E-state index contributed by atoms with van der Waals surface area (Å²) in [6.07, 6.45) is 0. The maximum absolute atomic E-state index is 13.2. The summed E-state index contributed by atoms with van der Waals surface area (Å²) in [5.74, 6) is 0.817. The van der Waals surface area contributed by atoms with Gasteiger partial charge in [-0.25, -0.2) is 0 Å². The highest BCUT2D eigenvalue weighted by Gasteiger charge is 2.17. The minimum Gasteiger partial charge on any atom is -0.497 e. The van der Waals surface area contributed by atoms with Gasteiger partial charge in [0, 0.05) is 18.0 Å². The van der Waals surface area contributed by atoms with E-state index in [1.165, 1.54) is 5.56 Å². The van der Waals surface area contributed by atoms with E-state index < -0.39 is 0 Å². The lowest BCUT2D eigenvalue weighted by Crippen LogP contribution is -2.22. The second kappa shape index (κ2) is 8.78. The minimum atomic E-state index is 0.000767. The molecule has 0 N–H and O–H groups in total. The van der Waals surface area contributed by atoms with Gasteiger partial charge in [0.2, 0.25) is 0 Å². The van der Waals surface area contributed by atoms with E-state index in [2.05, 4.69) is 25.1 Å². The molecule has 1 aromatic heterocycles. The zero-order valence-electron chi connectivity index (χ0n) is 18.4. The molecule has 0 fully saturated rings. The topological polar surface area (TPSA) is 40.5 Å². The van der Waals surface area contributed by atoms with Crippen LogP contribution in [0.4, 0.5) is 0 Å². The van der Waals surface area contributed by atoms with Crippen LogP contribution in [0.1, 0.15) is 22.4 Å². The molecule has 0 unspecified atom stereocenters. The largest absolute Gasteiger partial charge is 0.497 e. The van der Waals surface area contributed by atoms with Gasteiger partial charge in [-0.15, -0.1) is 0 Å². The molecule has 4 rings (SSSR count). The van der Waals surface area contributed by atoms with Gasteiger partial charge in [0.15, 0.2) is 0 Å². The van der Waals surface area contributed by atoms with Crippen LogP contribution in [0.25, 0.3) is 21.9 Å². The smallest absolute Gasteiger partial charge is 0.258 e. The Labute approximate surface area is 182 Å². The van der Waals surface area contributed by atoms with E-state index in [1.54, 1.807) is 11.7 Å². The SMILES string of the molecule is COc1ccc(COCc2c(-c3ccccc3)c3cc(C)c(C)cc3c(=O)n2C)cc1. The quantitative estimate of drug-likeness (QED) is 0.416. The molecule has 0 aliphatic heterocycles. The van der Waals surface area contributed by atoms with Crippen LogP contribution in [0, 0.1) is 13.8 Å². The molecule has 4 aromatic rings. The maximum Gasteiger partial charge on any atom is 0.258 e. The Morgan fingerprint density at radius 2 is 1.48 bits per heavy atom. The first-order valence-electron chi connectivity index (χ1n) is 10.4. The second-order valence-electron chi connectivity index (χ2n) is 7.87. The predicted octanol–water partition coefficient (Wildman–Crippen LogP) is 5.55. The lowest BCUT2D eigenvalue weighted by atomic mass is 9.94. The highest BCUT2D eigenvalue weighted by Crippen LogP contribution is 2.32. The van der Waals surface area contributed by atoms with Crippen molar-refractivity contribution >= 4 is 10.8 Å². The third kappa shape index (κ3) is 4.12. The summed E-state index contributed by atoms with van der Waals surface area (Å²) in [6.45, 7) is 4.92. The summed E-state index contributed by atoms with van der Waals surface area (Å²) in [5, 5.41) is 1.71. The molecule has 3 aromatic carbocycles. The summed E-state index contributed by atoms with van der Waals surface area (Å²) >= 11 is 0. The summed E-state index contributed by atoms with van der Waals surface area (Å²) in [4.78, 5) is 13.2. The van der Waals surface area contributed by atoms with Crippen molar-refractivity contribution in [3.63, 3.8) is 0 Å². The molecule has 0 saturated carbocycles. The number of pyridine rings is 1. The van der Waals surface area contributed by atoms with Gasteiger partial charge in [0.1, 0.15) is 5.75 Å². The average Bonchev–Trinajstić information content (AvgIpc) is 2.79. The molecule has 1 heterocycles. The van der Waals surface area contributed by atoms with Crippen molar-refractivity contribution in [2.24, 2.45) is 7.05 Å². The zero-order chi connectivity index (χ0) is 22.0. The summed E-state index contributed by atoms with van der Waals surface area (Å²) < 4.78 is 13.0. The third-order valence-electron chi connectivity index (χ3n) is 5.86. The van der Waals surface area contributed by atoms with E-state index in [1.807, 2.05) is 62.5 Å². The first-order chi connectivity index (χ1) is 15.0. The normalized spacial score (nSPS) is 11.1. The molecule has 0 bridgehead atoms. The van der Waals surface area contributed by atoms with Crippen molar-refractivity contribution in [3.8, 4) is 16.9 Å². The number of hydrogen-bond donors (Lipinski definition) is 0. The number of fused-ring (bicyclic) bond motifs is 1. The summed E-state index contributed by atoms with van der Waals surface area (Å²) in [7, 11) is 3.48. The van der Waals surface area contributed by atoms with Crippen LogP contribution in [-0.4, -0.2) is 11.7 Å². The Hall–Kier alpha value is -3.37. The van der Waals surface area contributed by atoms with Crippen molar-refractivity contribution < 1.29 is 9.47 Å². The zero-order valence-corrected chi connectivity index (χ0v) is 18.4. The first kappa shape index (κ1) is 20.9. The molecular formula is C27H27NO3. The number of rotatable bonds is 6. The molecule has 4 heteroatoms. The van der Waals surface area contributed by atoms with Crippen LogP contribution in [0.15, 0.2) is 71.5 Å². The molecule has 0 spiro atoms. The highest BCUT2D eigenvalue weighted by atomic mass is 16.5. The molecule has 31 heavy (non-hydrogen) atoms. The van der Waals surface area contributed by atoms with Crippen molar-refractivity contribution in [3.05, 3.63) is 99.5 Å². The first-order valence-corrected chi connectivity index (χ1v) is 10.4. The maximum atomic E-state index is 13.2. The van der Waals surface area contributed by atoms with E-state index in [-0.39, 0.29) is 5.56 Å². The van der Waals surface area contributed by atoms with Gasteiger partial charge in [0.25, 0.3) is 5.56 Å². The molecule has 158 valence electrons. The van der Waals surface area contributed by atoms with Crippen LogP contribution in [0.3, 0.4) is 0 Å². The van der Waals surface area contributed by atoms with Crippen molar-refractivity contribution in [2.75, 3.05) is 7.11 Å². The van der Waals surface area contributed by atoms with Crippen LogP contribution >= 0.6 is 0 Å². The average molecular weight is 414 g/mol. The van der Waals surface area contributed by atoms with Gasteiger partial charge in [-0.05, 0) is 59.7 Å². The number of ether oxygens (including phenoxy) is 2. The molecule has 0 saturated heterocycles. The highest BCUT2D eigenvalue weighted by molar-refractivity contribution is 5.98. The number of hydrogen-bond acceptors (Lipinski definition) is 3. The van der Waals surface area contributed by atoms with Gasteiger partial charge >= 0.3 is 0 Å². The van der Waals surface area contributed by atoms with Crippen molar-refractivity contribution in [1.29, 1.82) is 0 Å². The van der Waals surface area contributed by atoms with Crippen molar-refractivity contribution in [2.45, 2.75) is 27.1 Å². The number of nitrogens with zero attached hydrogens (tertiary/aromatic N) is 1. The van der Waals surface area contributed by atoms with E-state index in [0.29, 0.717) is 13.2 Å². The third-order valence-corrected chi connectivity index (χ3v) is 5.86. The fourth-order valence-corrected chi connectivity index (χ4v) is 3.91. The number of aryl methyl sites for hydroxylation is 2. The molecule has 0 atom stereocenters. The Kier molecular flexibility index (Phi) is 5.92. The fraction of sp³-hybridized carbons (Fsp3) is 0.222. The van der Waals surface area contributed by atoms with Gasteiger partial charge in [0.05, 0.1) is 26.0 Å². The van der Waals surface area contributed by atoms with Crippen molar-refractivity contribution in [1.82, 2.24) is 4.57 Å². The Balaban J connectivity index is 1.78. The van der Waals surface area contributed by atoms with Gasteiger partial charge in [-0.2, -0.15) is 0 Å². The standard InChI is InChI=1S/C27H27NO3/c1-18-14-23-24(15-19(18)2)27(29)28(3)25(26(23)21-8-6-5-7-9-21)17-31-16-20-10-12-22(30-4)13-11-20/h5-15H,16-17H2,1-4H3. The van der Waals surface area contributed by atoms with Crippen LogP contribution in [0.5, 0.6) is 5.75 Å². The molecule has 0 aliphatic rings. The lowest BCUT2D eigenvalue weighted by Gasteiger charge is -2.19. The van der Waals surface area contributed by atoms with Crippen LogP contribution in [-0.2, 0) is 25.0 Å². The fourth-order valence-electron chi connectivity index (χ4n) is 3.91. The Morgan fingerprint density at radius 3 is 2.13 bits per heavy atom. The van der Waals surface area contributed by atoms with E-state index in [4.69, 9.17) is 9.47 Å². The number of methoxy groups -OCH3 is 1. The molecule has 0 radical (unpaired) electrons. The van der Waals surface area contributed by atoms with E-state index in [0.717, 1.165) is 44.5 Å².